The van der Waals surface area contributed by atoms with Crippen LogP contribution in [0.3, 0.4) is 0 Å². The smallest absolute Gasteiger partial charge is 0.260 e. The number of ether oxygens (including phenoxy) is 3. The van der Waals surface area contributed by atoms with Gasteiger partial charge in [0.25, 0.3) is 27.8 Å². The summed E-state index contributed by atoms with van der Waals surface area (Å²) in [5.74, 6) is 1.71. The number of aromatic nitrogens is 16. The number of hydrogen-bond donors (Lipinski definition) is 5. The van der Waals surface area contributed by atoms with Crippen LogP contribution in [0.2, 0.25) is 0 Å². The molecule has 2 atom stereocenters. The van der Waals surface area contributed by atoms with Crippen LogP contribution in [0, 0.1) is 26.6 Å². The number of methoxy groups -OCH3 is 3. The summed E-state index contributed by atoms with van der Waals surface area (Å²) in [5, 5.41) is 17.4. The highest BCUT2D eigenvalue weighted by Gasteiger charge is 2.31. The molecule has 0 unspecified atom stereocenters. The third-order valence-corrected chi connectivity index (χ3v) is 24.2. The Morgan fingerprint density at radius 1 is 0.457 bits per heavy atom. The first-order valence-corrected chi connectivity index (χ1v) is 43.8. The average Bonchev–Trinajstić information content (AvgIpc) is 1.76. The van der Waals surface area contributed by atoms with Crippen LogP contribution in [0.4, 0.5) is 32.8 Å². The summed E-state index contributed by atoms with van der Waals surface area (Å²) < 4.78 is 41.9. The Labute approximate surface area is 744 Å². The third kappa shape index (κ3) is 19.8. The number of thiazole rings is 1. The zero-order chi connectivity index (χ0) is 89.3. The van der Waals surface area contributed by atoms with Crippen molar-refractivity contribution in [3.8, 4) is 62.8 Å². The summed E-state index contributed by atoms with van der Waals surface area (Å²) >= 11 is 1.68. The Morgan fingerprint density at radius 2 is 0.946 bits per heavy atom. The Kier molecular flexibility index (Phi) is 26.3. The molecule has 0 bridgehead atoms. The number of imidazole rings is 2. The van der Waals surface area contributed by atoms with E-state index < -0.39 is 5.82 Å². The van der Waals surface area contributed by atoms with E-state index in [1.165, 1.54) is 71.8 Å². The summed E-state index contributed by atoms with van der Waals surface area (Å²) in [6.45, 7) is 24.2. The van der Waals surface area contributed by atoms with Crippen LogP contribution < -0.4 is 88.2 Å². The van der Waals surface area contributed by atoms with Gasteiger partial charge in [-0.05, 0) is 151 Å². The second-order valence-corrected chi connectivity index (χ2v) is 33.3. The molecule has 664 valence electrons. The highest BCUT2D eigenvalue weighted by Crippen LogP contribution is 2.34. The summed E-state index contributed by atoms with van der Waals surface area (Å²) in [6.07, 6.45) is 20.3. The fourth-order valence-electron chi connectivity index (χ4n) is 16.6. The van der Waals surface area contributed by atoms with Crippen molar-refractivity contribution in [3.05, 3.63) is 270 Å². The van der Waals surface area contributed by atoms with Gasteiger partial charge >= 0.3 is 0 Å². The van der Waals surface area contributed by atoms with Gasteiger partial charge in [-0.15, -0.1) is 11.3 Å². The summed E-state index contributed by atoms with van der Waals surface area (Å²) in [7, 11) is 6.40. The van der Waals surface area contributed by atoms with Crippen LogP contribution in [-0.2, 0) is 0 Å². The van der Waals surface area contributed by atoms with Gasteiger partial charge in [0, 0.05) is 213 Å². The molecule has 19 heterocycles. The maximum atomic E-state index is 13.9. The number of anilines is 5. The number of piperazine rings is 4. The number of hydrogen-bond acceptors (Lipinski definition) is 28. The van der Waals surface area contributed by atoms with Gasteiger partial charge in [0.1, 0.15) is 52.5 Å². The second kappa shape index (κ2) is 39.0. The molecule has 36 heteroatoms. The molecule has 21 rings (SSSR count). The molecular formula is C93H101FN26O8S. The minimum atomic E-state index is -0.596. The normalized spacial score (nSPS) is 15.8. The number of nitrogens with one attached hydrogen (secondary N) is 5. The minimum Gasteiger partial charge on any atom is -0.493 e. The van der Waals surface area contributed by atoms with E-state index in [0.29, 0.717) is 86.1 Å². The molecule has 0 radical (unpaired) electrons. The molecule has 129 heavy (non-hydrogen) atoms. The van der Waals surface area contributed by atoms with Gasteiger partial charge in [-0.2, -0.15) is 0 Å². The van der Waals surface area contributed by atoms with E-state index in [-0.39, 0.29) is 33.7 Å². The summed E-state index contributed by atoms with van der Waals surface area (Å²) in [5.41, 5.74) is 14.0. The van der Waals surface area contributed by atoms with Crippen LogP contribution in [-0.4, -0.2) is 233 Å². The lowest BCUT2D eigenvalue weighted by atomic mass is 10.1. The molecule has 16 aromatic rings. The Morgan fingerprint density at radius 3 is 1.46 bits per heavy atom. The number of benzene rings is 2. The molecule has 5 saturated heterocycles. The van der Waals surface area contributed by atoms with Gasteiger partial charge in [0.05, 0.1) is 93.5 Å². The van der Waals surface area contributed by atoms with Gasteiger partial charge in [0.2, 0.25) is 5.88 Å². The molecule has 0 aliphatic carbocycles. The second-order valence-electron chi connectivity index (χ2n) is 32.1. The van der Waals surface area contributed by atoms with Crippen molar-refractivity contribution in [2.24, 2.45) is 0 Å². The molecule has 5 N–H and O–H groups in total. The first kappa shape index (κ1) is 86.9. The fraction of sp³-hybridized carbons (Fsp3) is 0.312. The molecule has 2 aromatic carbocycles. The van der Waals surface area contributed by atoms with Gasteiger partial charge < -0.3 is 60.4 Å². The predicted octanol–water partition coefficient (Wildman–Crippen LogP) is 8.47. The van der Waals surface area contributed by atoms with Crippen molar-refractivity contribution in [2.45, 2.75) is 52.6 Å². The molecular weight excluding hydrogens is 1660 g/mol. The molecule has 0 amide bonds. The molecule has 5 aliphatic rings. The highest BCUT2D eigenvalue weighted by atomic mass is 32.1. The van der Waals surface area contributed by atoms with Crippen molar-refractivity contribution < 1.29 is 18.6 Å². The maximum Gasteiger partial charge on any atom is 0.260 e. The number of aryl methyl sites for hydroxylation is 3. The zero-order valence-electron chi connectivity index (χ0n) is 73.0. The van der Waals surface area contributed by atoms with Gasteiger partial charge in [-0.1, -0.05) is 6.07 Å². The van der Waals surface area contributed by atoms with Crippen molar-refractivity contribution >= 4 is 78.2 Å². The Balaban J connectivity index is 0.000000114. The first-order valence-electron chi connectivity index (χ1n) is 43.0. The van der Waals surface area contributed by atoms with Crippen molar-refractivity contribution in [2.75, 3.05) is 165 Å². The molecule has 5 aliphatic heterocycles. The standard InChI is InChI=1S/C23H23N5OS.C19H22N4O3.C18H18FN5O2.C17H20N6O.C16H18N6O/c1-15-24-20-11-16(4-6-21(20)30-15)19-12-23(29)28-14-18(5-7-22(28)25-19)27-10-9-26-8-2-3-17(26)13-27;1-20-8-9-21-14-5-7-18-22-15(11-19(24)23(18)12-14)13-4-6-16(25-2)17(10-13)26-3;1-26-18-14(19)8-12(10-21-18)15-9-17(25)24-11-13(2-3-16(24)22-15)23-6-4-20-5-7-23;1-12-8-21(6-5-18-12)14-3-4-15-20-16(7-17(24)23(15)10-14)22-9-13(2)19-11-22;1-12-9-21(11-18-12)15-8-16(23)22-10-13(2-3-14(22)19-15)20-6-4-17-5-7-20/h4-7,11-12,14,17H,2-3,8-10,13H2,1H3;4-7,10-12,20-21H,8-9H2,1-3H3;2-3,8-11,20H,4-7H2,1H3;3-4,7,9-12,18H,5-6,8H2,1-2H3;2-3,8-11,17H,4-7H2,1H3/t17-;;;12-;/m0..0./s1. The van der Waals surface area contributed by atoms with Gasteiger partial charge in [-0.3, -0.25) is 60.0 Å². The largest absolute Gasteiger partial charge is 0.493 e. The number of pyridine rings is 6. The quantitative estimate of drug-likeness (QED) is 0.0566. The lowest BCUT2D eigenvalue weighted by Crippen LogP contribution is -2.50. The molecule has 0 spiro atoms. The van der Waals surface area contributed by atoms with E-state index in [1.807, 2.05) is 132 Å². The number of likely N-dealkylation sites (N-methyl/N-ethyl adjacent to an activating group) is 1. The number of rotatable bonds is 16. The third-order valence-electron chi connectivity index (χ3n) is 23.3. The number of nitrogens with zero attached hydrogens (tertiary/aromatic N) is 21. The van der Waals surface area contributed by atoms with Crippen LogP contribution in [0.5, 0.6) is 17.4 Å². The molecule has 0 saturated carbocycles. The lowest BCUT2D eigenvalue weighted by molar-refractivity contribution is 0.231. The van der Waals surface area contributed by atoms with Crippen LogP contribution in [0.25, 0.3) is 83.9 Å². The van der Waals surface area contributed by atoms with Crippen molar-refractivity contribution in [3.63, 3.8) is 0 Å². The molecule has 14 aromatic heterocycles. The minimum absolute atomic E-state index is 0.0501. The Hall–Kier alpha value is -14.2. The first-order chi connectivity index (χ1) is 62.7. The van der Waals surface area contributed by atoms with Crippen LogP contribution in [0.1, 0.15) is 36.2 Å². The molecule has 34 nitrogen and oxygen atoms in total. The highest BCUT2D eigenvalue weighted by molar-refractivity contribution is 7.18. The van der Waals surface area contributed by atoms with E-state index >= 15 is 0 Å². The molecule has 5 fully saturated rings. The van der Waals surface area contributed by atoms with Crippen LogP contribution >= 0.6 is 11.3 Å². The van der Waals surface area contributed by atoms with Gasteiger partial charge in [0.15, 0.2) is 17.3 Å². The van der Waals surface area contributed by atoms with E-state index in [9.17, 15) is 28.4 Å². The fourth-order valence-corrected chi connectivity index (χ4v) is 17.4. The average molecular weight is 1760 g/mol. The van der Waals surface area contributed by atoms with Crippen molar-refractivity contribution in [1.82, 2.24) is 102 Å². The monoisotopic (exact) mass is 1760 g/mol. The summed E-state index contributed by atoms with van der Waals surface area (Å²) in [6, 6.07) is 40.9. The van der Waals surface area contributed by atoms with Crippen molar-refractivity contribution in [1.29, 1.82) is 0 Å². The summed E-state index contributed by atoms with van der Waals surface area (Å²) in [4.78, 5) is 115. The zero-order valence-corrected chi connectivity index (χ0v) is 73.8. The lowest BCUT2D eigenvalue weighted by Gasteiger charge is -2.38. The SMILES string of the molecule is CNCCNc1ccc2nc(-c3ccc(OC)c(OC)c3)cc(=O)n2c1.COc1ncc(-c2cc(=O)n3cc(N4CCNCC4)ccc3n2)cc1F.Cc1cn(-c2cc(=O)n3cc(N4CCNCC4)ccc3n2)cn1.Cc1cn(-c2cc(=O)n3cc(N4CCN[C@@H](C)C4)ccc3n2)cn1.Cc1nc2cc(-c3cc(=O)n4cc(N5CCN6CCC[C@H]6C5)ccc4n3)ccc2s1. The van der Waals surface area contributed by atoms with Crippen LogP contribution in [0.15, 0.2) is 220 Å². The predicted molar refractivity (Wildman–Crippen MR) is 502 cm³/mol. The van der Waals surface area contributed by atoms with E-state index in [4.69, 9.17) is 19.2 Å². The Bertz CT molecular complexity index is 7100. The van der Waals surface area contributed by atoms with E-state index in [2.05, 4.69) is 110 Å². The van der Waals surface area contributed by atoms with E-state index in [1.54, 1.807) is 91.1 Å². The number of fused-ring (bicyclic) bond motifs is 7. The number of halogens is 1. The van der Waals surface area contributed by atoms with E-state index in [0.717, 1.165) is 171 Å². The van der Waals surface area contributed by atoms with Gasteiger partial charge in [-0.25, -0.2) is 49.2 Å². The topological polar surface area (TPSA) is 337 Å². The maximum absolute atomic E-state index is 13.9.